The smallest absolute Gasteiger partial charge is 0.166 e. The Bertz CT molecular complexity index is 383. The molecule has 1 saturated carbocycles. The van der Waals surface area contributed by atoms with Crippen LogP contribution in [0.4, 0.5) is 0 Å². The molecule has 1 unspecified atom stereocenters. The number of ketones is 1. The number of carbonyl (C=O) groups excluding carboxylic acids is 1. The van der Waals surface area contributed by atoms with Gasteiger partial charge in [-0.25, -0.2) is 0 Å². The van der Waals surface area contributed by atoms with E-state index in [-0.39, 0.29) is 11.9 Å². The molecule has 0 aromatic carbocycles. The summed E-state index contributed by atoms with van der Waals surface area (Å²) in [6, 6.07) is 0. The van der Waals surface area contributed by atoms with Crippen LogP contribution >= 0.6 is 0 Å². The predicted octanol–water partition coefficient (Wildman–Crippen LogP) is 1.83. The maximum Gasteiger partial charge on any atom is 0.166 e. The first-order valence-corrected chi connectivity index (χ1v) is 6.40. The van der Waals surface area contributed by atoms with Crippen LogP contribution in [0.25, 0.3) is 0 Å². The molecule has 1 aliphatic rings. The van der Waals surface area contributed by atoms with Gasteiger partial charge in [0.05, 0.1) is 6.20 Å². The third-order valence-electron chi connectivity index (χ3n) is 3.10. The first-order valence-electron chi connectivity index (χ1n) is 6.40. The minimum absolute atomic E-state index is 0.190. The van der Waals surface area contributed by atoms with Crippen molar-refractivity contribution < 1.29 is 9.53 Å². The zero-order valence-electron chi connectivity index (χ0n) is 10.6. The number of carbonyl (C=O) groups is 1. The zero-order chi connectivity index (χ0) is 12.3. The monoisotopic (exact) mass is 236 g/mol. The highest BCUT2D eigenvalue weighted by Gasteiger charge is 2.36. The lowest BCUT2D eigenvalue weighted by molar-refractivity contribution is -0.130. The van der Waals surface area contributed by atoms with Gasteiger partial charge in [0.15, 0.2) is 5.78 Å². The number of ether oxygens (including phenoxy) is 1. The standard InChI is InChI=1S/C13H20N2O2/c1-3-15-9-10(8-14-15)7-12(16)13(17-4-2)11-5-6-11/h8-9,11,13H,3-7H2,1-2H3. The third-order valence-corrected chi connectivity index (χ3v) is 3.10. The topological polar surface area (TPSA) is 44.1 Å². The Hall–Kier alpha value is -1.16. The van der Waals surface area contributed by atoms with Crippen LogP contribution in [0, 0.1) is 5.92 Å². The van der Waals surface area contributed by atoms with E-state index in [4.69, 9.17) is 4.74 Å². The summed E-state index contributed by atoms with van der Waals surface area (Å²) in [4.78, 5) is 12.1. The summed E-state index contributed by atoms with van der Waals surface area (Å²) < 4.78 is 7.40. The first kappa shape index (κ1) is 12.3. The second kappa shape index (κ2) is 5.45. The van der Waals surface area contributed by atoms with Crippen molar-refractivity contribution in [2.45, 2.75) is 45.8 Å². The van der Waals surface area contributed by atoms with Gasteiger partial charge in [-0.05, 0) is 38.2 Å². The van der Waals surface area contributed by atoms with Gasteiger partial charge in [-0.15, -0.1) is 0 Å². The van der Waals surface area contributed by atoms with Crippen LogP contribution in [0.1, 0.15) is 32.3 Å². The Kier molecular flexibility index (Phi) is 3.94. The van der Waals surface area contributed by atoms with Crippen LogP contribution in [-0.4, -0.2) is 28.3 Å². The van der Waals surface area contributed by atoms with E-state index in [0.717, 1.165) is 24.9 Å². The molecule has 17 heavy (non-hydrogen) atoms. The summed E-state index contributed by atoms with van der Waals surface area (Å²) in [5.74, 6) is 0.661. The van der Waals surface area contributed by atoms with Crippen molar-refractivity contribution >= 4 is 5.78 Å². The summed E-state index contributed by atoms with van der Waals surface area (Å²) in [6.45, 7) is 5.43. The van der Waals surface area contributed by atoms with Gasteiger partial charge in [0, 0.05) is 25.8 Å². The molecule has 1 heterocycles. The molecule has 0 radical (unpaired) electrons. The van der Waals surface area contributed by atoms with Crippen molar-refractivity contribution in [3.8, 4) is 0 Å². The molecule has 0 saturated heterocycles. The molecule has 1 aliphatic carbocycles. The molecule has 0 spiro atoms. The molecule has 1 aromatic heterocycles. The highest BCUT2D eigenvalue weighted by molar-refractivity contribution is 5.85. The van der Waals surface area contributed by atoms with Gasteiger partial charge in [0.2, 0.25) is 0 Å². The van der Waals surface area contributed by atoms with E-state index in [2.05, 4.69) is 5.10 Å². The molecule has 2 rings (SSSR count). The number of rotatable bonds is 7. The fourth-order valence-corrected chi connectivity index (χ4v) is 2.04. The second-order valence-electron chi connectivity index (χ2n) is 4.56. The number of Topliss-reactive ketones (excluding diaryl/α,β-unsaturated/α-hetero) is 1. The van der Waals surface area contributed by atoms with Crippen LogP contribution in [-0.2, 0) is 22.5 Å². The number of aryl methyl sites for hydroxylation is 1. The Morgan fingerprint density at radius 2 is 2.35 bits per heavy atom. The van der Waals surface area contributed by atoms with Crippen LogP contribution < -0.4 is 0 Å². The van der Waals surface area contributed by atoms with Gasteiger partial charge in [-0.1, -0.05) is 0 Å². The predicted molar refractivity (Wildman–Crippen MR) is 64.8 cm³/mol. The van der Waals surface area contributed by atoms with Crippen LogP contribution in [0.15, 0.2) is 12.4 Å². The highest BCUT2D eigenvalue weighted by atomic mass is 16.5. The van der Waals surface area contributed by atoms with Gasteiger partial charge in [-0.2, -0.15) is 5.10 Å². The number of aromatic nitrogens is 2. The highest BCUT2D eigenvalue weighted by Crippen LogP contribution is 2.35. The van der Waals surface area contributed by atoms with Crippen LogP contribution in [0.2, 0.25) is 0 Å². The van der Waals surface area contributed by atoms with E-state index < -0.39 is 0 Å². The van der Waals surface area contributed by atoms with Crippen molar-refractivity contribution in [1.29, 1.82) is 0 Å². The second-order valence-corrected chi connectivity index (χ2v) is 4.56. The fourth-order valence-electron chi connectivity index (χ4n) is 2.04. The van der Waals surface area contributed by atoms with E-state index in [1.54, 1.807) is 6.20 Å². The lowest BCUT2D eigenvalue weighted by Crippen LogP contribution is -2.28. The van der Waals surface area contributed by atoms with Gasteiger partial charge >= 0.3 is 0 Å². The largest absolute Gasteiger partial charge is 0.370 e. The van der Waals surface area contributed by atoms with Crippen LogP contribution in [0.5, 0.6) is 0 Å². The molecule has 4 heteroatoms. The molecular formula is C13H20N2O2. The third kappa shape index (κ3) is 3.16. The Balaban J connectivity index is 1.94. The summed E-state index contributed by atoms with van der Waals surface area (Å²) in [7, 11) is 0. The Labute approximate surface area is 102 Å². The minimum Gasteiger partial charge on any atom is -0.370 e. The quantitative estimate of drug-likeness (QED) is 0.725. The zero-order valence-corrected chi connectivity index (χ0v) is 10.6. The molecule has 94 valence electrons. The molecule has 0 aliphatic heterocycles. The van der Waals surface area contributed by atoms with Crippen molar-refractivity contribution in [1.82, 2.24) is 9.78 Å². The minimum atomic E-state index is -0.190. The molecule has 1 fully saturated rings. The average molecular weight is 236 g/mol. The van der Waals surface area contributed by atoms with Crippen molar-refractivity contribution in [2.24, 2.45) is 5.92 Å². The van der Waals surface area contributed by atoms with E-state index in [1.165, 1.54) is 0 Å². The van der Waals surface area contributed by atoms with Gasteiger partial charge in [0.1, 0.15) is 6.10 Å². The van der Waals surface area contributed by atoms with Crippen molar-refractivity contribution in [3.63, 3.8) is 0 Å². The van der Waals surface area contributed by atoms with Gasteiger partial charge < -0.3 is 4.74 Å². The first-order chi connectivity index (χ1) is 8.24. The number of nitrogens with zero attached hydrogens (tertiary/aromatic N) is 2. The summed E-state index contributed by atoms with van der Waals surface area (Å²) >= 11 is 0. The maximum atomic E-state index is 12.1. The number of hydrogen-bond acceptors (Lipinski definition) is 3. The van der Waals surface area contributed by atoms with E-state index in [9.17, 15) is 4.79 Å². The number of hydrogen-bond donors (Lipinski definition) is 0. The fraction of sp³-hybridized carbons (Fsp3) is 0.692. The lowest BCUT2D eigenvalue weighted by atomic mass is 10.1. The molecule has 4 nitrogen and oxygen atoms in total. The van der Waals surface area contributed by atoms with E-state index in [1.807, 2.05) is 24.7 Å². The average Bonchev–Trinajstić information content (AvgIpc) is 3.06. The van der Waals surface area contributed by atoms with Crippen molar-refractivity contribution in [2.75, 3.05) is 6.61 Å². The molecule has 0 amide bonds. The molecule has 1 aromatic rings. The maximum absolute atomic E-state index is 12.1. The van der Waals surface area contributed by atoms with E-state index >= 15 is 0 Å². The van der Waals surface area contributed by atoms with Gasteiger partial charge in [0.25, 0.3) is 0 Å². The lowest BCUT2D eigenvalue weighted by Gasteiger charge is -2.14. The van der Waals surface area contributed by atoms with Gasteiger partial charge in [-0.3, -0.25) is 9.48 Å². The van der Waals surface area contributed by atoms with E-state index in [0.29, 0.717) is 18.9 Å². The summed E-state index contributed by atoms with van der Waals surface area (Å²) in [6.07, 6.45) is 6.23. The SMILES string of the molecule is CCOC(C(=O)Cc1cnn(CC)c1)C1CC1. The molecular weight excluding hydrogens is 216 g/mol. The Morgan fingerprint density at radius 3 is 2.88 bits per heavy atom. The normalized spacial score (nSPS) is 17.1. The van der Waals surface area contributed by atoms with Crippen LogP contribution in [0.3, 0.4) is 0 Å². The van der Waals surface area contributed by atoms with Crippen molar-refractivity contribution in [3.05, 3.63) is 18.0 Å². The summed E-state index contributed by atoms with van der Waals surface area (Å²) in [5, 5.41) is 4.18. The summed E-state index contributed by atoms with van der Waals surface area (Å²) in [5.41, 5.74) is 0.988. The Morgan fingerprint density at radius 1 is 1.59 bits per heavy atom. The molecule has 0 bridgehead atoms. The molecule has 0 N–H and O–H groups in total. The molecule has 1 atom stereocenters.